The summed E-state index contributed by atoms with van der Waals surface area (Å²) in [6.07, 6.45) is 8.29. The second-order valence-corrected chi connectivity index (χ2v) is 6.62. The summed E-state index contributed by atoms with van der Waals surface area (Å²) < 4.78 is 5.29. The Morgan fingerprint density at radius 2 is 2.17 bits per heavy atom. The molecule has 1 fully saturated rings. The van der Waals surface area contributed by atoms with Crippen molar-refractivity contribution in [2.75, 3.05) is 26.2 Å². The summed E-state index contributed by atoms with van der Waals surface area (Å²) in [5, 5.41) is 16.2. The van der Waals surface area contributed by atoms with Gasteiger partial charge in [0.1, 0.15) is 5.76 Å². The highest BCUT2D eigenvalue weighted by atomic mass is 16.5. The minimum Gasteiger partial charge on any atom is -0.395 e. The van der Waals surface area contributed by atoms with Crippen molar-refractivity contribution in [1.29, 1.82) is 0 Å². The summed E-state index contributed by atoms with van der Waals surface area (Å²) in [6.45, 7) is 3.01. The second kappa shape index (κ2) is 7.93. The van der Waals surface area contributed by atoms with Crippen LogP contribution in [0.1, 0.15) is 60.3 Å². The van der Waals surface area contributed by atoms with E-state index >= 15 is 0 Å². The summed E-state index contributed by atoms with van der Waals surface area (Å²) in [6, 6.07) is 0.339. The topological polar surface area (TPSA) is 78.6 Å². The first-order valence-corrected chi connectivity index (χ1v) is 8.90. The number of nitrogens with one attached hydrogen (secondary N) is 1. The van der Waals surface area contributed by atoms with Gasteiger partial charge in [-0.15, -0.1) is 0 Å². The number of rotatable bonds is 7. The van der Waals surface area contributed by atoms with Gasteiger partial charge in [-0.2, -0.15) is 0 Å². The van der Waals surface area contributed by atoms with E-state index in [1.165, 1.54) is 6.42 Å². The van der Waals surface area contributed by atoms with E-state index in [0.29, 0.717) is 18.3 Å². The van der Waals surface area contributed by atoms with Gasteiger partial charge in [-0.3, -0.25) is 9.69 Å². The van der Waals surface area contributed by atoms with E-state index in [4.69, 9.17) is 4.52 Å². The first kappa shape index (κ1) is 16.5. The Morgan fingerprint density at radius 1 is 1.30 bits per heavy atom. The number of aryl methyl sites for hydroxylation is 1. The number of carbonyl (C=O) groups is 1. The molecule has 1 aromatic heterocycles. The van der Waals surface area contributed by atoms with E-state index in [9.17, 15) is 9.90 Å². The third-order valence-electron chi connectivity index (χ3n) is 5.03. The lowest BCUT2D eigenvalue weighted by Crippen LogP contribution is -2.33. The standard InChI is InChI=1S/C17H27N3O3/c21-12-13-6-5-11-20(13)10-4-3-9-18-17(22)16-14-7-1-2-8-15(14)23-19-16/h13,21H,1-12H2,(H,18,22). The predicted molar refractivity (Wildman–Crippen MR) is 86.4 cm³/mol. The number of aliphatic hydroxyl groups excluding tert-OH is 1. The van der Waals surface area contributed by atoms with E-state index < -0.39 is 0 Å². The zero-order valence-corrected chi connectivity index (χ0v) is 13.7. The van der Waals surface area contributed by atoms with Crippen LogP contribution in [-0.4, -0.2) is 53.4 Å². The lowest BCUT2D eigenvalue weighted by atomic mass is 9.96. The number of carbonyl (C=O) groups excluding carboxylic acids is 1. The summed E-state index contributed by atoms with van der Waals surface area (Å²) >= 11 is 0. The highest BCUT2D eigenvalue weighted by molar-refractivity contribution is 5.93. The molecule has 1 unspecified atom stereocenters. The fourth-order valence-corrected chi connectivity index (χ4v) is 3.69. The number of hydrogen-bond acceptors (Lipinski definition) is 5. The predicted octanol–water partition coefficient (Wildman–Crippen LogP) is 1.52. The lowest BCUT2D eigenvalue weighted by Gasteiger charge is -2.22. The summed E-state index contributed by atoms with van der Waals surface area (Å²) in [4.78, 5) is 14.6. The molecule has 0 radical (unpaired) electrons. The van der Waals surface area contributed by atoms with Crippen LogP contribution in [0.5, 0.6) is 0 Å². The molecule has 0 bridgehead atoms. The van der Waals surface area contributed by atoms with E-state index in [2.05, 4.69) is 15.4 Å². The van der Waals surface area contributed by atoms with Gasteiger partial charge < -0.3 is 14.9 Å². The maximum absolute atomic E-state index is 12.2. The van der Waals surface area contributed by atoms with Gasteiger partial charge in [0.25, 0.3) is 5.91 Å². The quantitative estimate of drug-likeness (QED) is 0.745. The van der Waals surface area contributed by atoms with E-state index in [0.717, 1.165) is 69.4 Å². The normalized spacial score (nSPS) is 21.3. The van der Waals surface area contributed by atoms with Gasteiger partial charge in [0.15, 0.2) is 5.69 Å². The highest BCUT2D eigenvalue weighted by Gasteiger charge is 2.24. The van der Waals surface area contributed by atoms with Gasteiger partial charge in [-0.05, 0) is 58.0 Å². The van der Waals surface area contributed by atoms with Crippen LogP contribution in [0.2, 0.25) is 0 Å². The molecule has 2 heterocycles. The van der Waals surface area contributed by atoms with Gasteiger partial charge in [-0.1, -0.05) is 5.16 Å². The number of likely N-dealkylation sites (tertiary alicyclic amines) is 1. The van der Waals surface area contributed by atoms with Crippen LogP contribution in [0.3, 0.4) is 0 Å². The third kappa shape index (κ3) is 3.93. The Balaban J connectivity index is 1.37. The maximum atomic E-state index is 12.2. The molecule has 1 saturated heterocycles. The molecular weight excluding hydrogens is 294 g/mol. The van der Waals surface area contributed by atoms with Crippen LogP contribution in [0.4, 0.5) is 0 Å². The van der Waals surface area contributed by atoms with Gasteiger partial charge in [-0.25, -0.2) is 0 Å². The number of nitrogens with zero attached hydrogens (tertiary/aromatic N) is 2. The average molecular weight is 321 g/mol. The van der Waals surface area contributed by atoms with Crippen molar-refractivity contribution < 1.29 is 14.4 Å². The SMILES string of the molecule is O=C(NCCCCN1CCCC1CO)c1noc2c1CCCC2. The van der Waals surface area contributed by atoms with Gasteiger partial charge in [0, 0.05) is 24.6 Å². The highest BCUT2D eigenvalue weighted by Crippen LogP contribution is 2.24. The van der Waals surface area contributed by atoms with Crippen molar-refractivity contribution in [3.05, 3.63) is 17.0 Å². The van der Waals surface area contributed by atoms with E-state index in [1.807, 2.05) is 0 Å². The fraction of sp³-hybridized carbons (Fsp3) is 0.765. The van der Waals surface area contributed by atoms with Crippen molar-refractivity contribution in [2.24, 2.45) is 0 Å². The number of hydrogen-bond donors (Lipinski definition) is 2. The second-order valence-electron chi connectivity index (χ2n) is 6.62. The maximum Gasteiger partial charge on any atom is 0.273 e. The molecule has 0 saturated carbocycles. The van der Waals surface area contributed by atoms with Gasteiger partial charge in [0.2, 0.25) is 0 Å². The number of unbranched alkanes of at least 4 members (excludes halogenated alkanes) is 1. The number of aromatic nitrogens is 1. The molecule has 1 atom stereocenters. The van der Waals surface area contributed by atoms with Crippen molar-refractivity contribution in [3.8, 4) is 0 Å². The molecule has 2 aliphatic rings. The summed E-state index contributed by atoms with van der Waals surface area (Å²) in [5.74, 6) is 0.789. The van der Waals surface area contributed by atoms with Crippen molar-refractivity contribution >= 4 is 5.91 Å². The van der Waals surface area contributed by atoms with Crippen molar-refractivity contribution in [3.63, 3.8) is 0 Å². The van der Waals surface area contributed by atoms with Crippen LogP contribution in [0.15, 0.2) is 4.52 Å². The minimum atomic E-state index is -0.105. The Bertz CT molecular complexity index is 529. The Kier molecular flexibility index (Phi) is 5.67. The zero-order valence-electron chi connectivity index (χ0n) is 13.7. The van der Waals surface area contributed by atoms with Crippen LogP contribution in [0, 0.1) is 0 Å². The third-order valence-corrected chi connectivity index (χ3v) is 5.03. The zero-order chi connectivity index (χ0) is 16.1. The molecule has 6 nitrogen and oxygen atoms in total. The van der Waals surface area contributed by atoms with Crippen LogP contribution < -0.4 is 5.32 Å². The number of fused-ring (bicyclic) bond motifs is 1. The summed E-state index contributed by atoms with van der Waals surface area (Å²) in [7, 11) is 0. The molecule has 0 spiro atoms. The molecule has 1 aromatic rings. The fourth-order valence-electron chi connectivity index (χ4n) is 3.69. The molecule has 1 aliphatic heterocycles. The lowest BCUT2D eigenvalue weighted by molar-refractivity contribution is 0.0942. The van der Waals surface area contributed by atoms with Gasteiger partial charge in [0.05, 0.1) is 6.61 Å². The molecule has 0 aromatic carbocycles. The smallest absolute Gasteiger partial charge is 0.273 e. The molecule has 1 amide bonds. The van der Waals surface area contributed by atoms with Crippen molar-refractivity contribution in [1.82, 2.24) is 15.4 Å². The molecule has 3 rings (SSSR count). The van der Waals surface area contributed by atoms with Crippen molar-refractivity contribution in [2.45, 2.75) is 57.4 Å². The largest absolute Gasteiger partial charge is 0.395 e. The Labute approximate surface area is 137 Å². The Hall–Kier alpha value is -1.40. The molecule has 1 aliphatic carbocycles. The monoisotopic (exact) mass is 321 g/mol. The molecule has 128 valence electrons. The van der Waals surface area contributed by atoms with E-state index in [1.54, 1.807) is 0 Å². The minimum absolute atomic E-state index is 0.105. The Morgan fingerprint density at radius 3 is 3.04 bits per heavy atom. The van der Waals surface area contributed by atoms with Gasteiger partial charge >= 0.3 is 0 Å². The molecule has 6 heteroatoms. The number of aliphatic hydroxyl groups is 1. The molecule has 2 N–H and O–H groups in total. The first-order valence-electron chi connectivity index (χ1n) is 8.90. The molecular formula is C17H27N3O3. The van der Waals surface area contributed by atoms with Crippen LogP contribution >= 0.6 is 0 Å². The summed E-state index contributed by atoms with van der Waals surface area (Å²) in [5.41, 5.74) is 1.50. The van der Waals surface area contributed by atoms with Crippen LogP contribution in [-0.2, 0) is 12.8 Å². The van der Waals surface area contributed by atoms with Crippen LogP contribution in [0.25, 0.3) is 0 Å². The number of amides is 1. The van der Waals surface area contributed by atoms with E-state index in [-0.39, 0.29) is 12.5 Å². The molecule has 23 heavy (non-hydrogen) atoms. The first-order chi connectivity index (χ1) is 11.3. The average Bonchev–Trinajstić information content (AvgIpc) is 3.20.